The summed E-state index contributed by atoms with van der Waals surface area (Å²) in [6, 6.07) is 11.5. The fraction of sp³-hybridized carbons (Fsp3) is 0.267. The third-order valence-corrected chi connectivity index (χ3v) is 3.47. The number of anilines is 1. The molecule has 0 aliphatic carbocycles. The Morgan fingerprint density at radius 2 is 2.29 bits per heavy atom. The second kappa shape index (κ2) is 5.38. The fourth-order valence-electron chi connectivity index (χ4n) is 2.42. The van der Waals surface area contributed by atoms with Crippen molar-refractivity contribution in [2.24, 2.45) is 0 Å². The fourth-order valence-corrected chi connectivity index (χ4v) is 2.42. The van der Waals surface area contributed by atoms with Gasteiger partial charge in [-0.3, -0.25) is 0 Å². The summed E-state index contributed by atoms with van der Waals surface area (Å²) in [5, 5.41) is 19.3. The molecule has 1 aliphatic rings. The minimum absolute atomic E-state index is 0.190. The zero-order chi connectivity index (χ0) is 14.8. The maximum Gasteiger partial charge on any atom is 0.334 e. The van der Waals surface area contributed by atoms with E-state index in [1.54, 1.807) is 11.0 Å². The molecular weight excluding hydrogens is 270 g/mol. The summed E-state index contributed by atoms with van der Waals surface area (Å²) in [6.45, 7) is 1.01. The van der Waals surface area contributed by atoms with Crippen LogP contribution in [0.4, 0.5) is 5.82 Å². The monoisotopic (exact) mass is 283 g/mol. The van der Waals surface area contributed by atoms with Crippen LogP contribution in [0, 0.1) is 11.3 Å². The van der Waals surface area contributed by atoms with Gasteiger partial charge < -0.3 is 14.7 Å². The number of hydrogen-bond acceptors (Lipinski definition) is 5. The van der Waals surface area contributed by atoms with Crippen molar-refractivity contribution in [1.82, 2.24) is 4.98 Å². The average molecular weight is 283 g/mol. The van der Waals surface area contributed by atoms with Gasteiger partial charge in [-0.25, -0.2) is 9.78 Å². The van der Waals surface area contributed by atoms with Crippen LogP contribution in [-0.4, -0.2) is 41.9 Å². The molecule has 1 aromatic heterocycles. The molecule has 1 aliphatic heterocycles. The molecule has 1 aromatic carbocycles. The van der Waals surface area contributed by atoms with E-state index in [1.807, 2.05) is 24.3 Å². The Kier molecular flexibility index (Phi) is 3.42. The molecule has 106 valence electrons. The van der Waals surface area contributed by atoms with Crippen LogP contribution in [0.1, 0.15) is 5.56 Å². The molecule has 0 bridgehead atoms. The number of aliphatic carboxylic acids is 1. The molecular formula is C15H13N3O3. The average Bonchev–Trinajstić information content (AvgIpc) is 2.53. The molecule has 1 N–H and O–H groups in total. The zero-order valence-corrected chi connectivity index (χ0v) is 11.2. The number of nitriles is 1. The first-order valence-corrected chi connectivity index (χ1v) is 6.58. The molecule has 0 spiro atoms. The topological polar surface area (TPSA) is 86.5 Å². The number of hydrogen-bond donors (Lipinski definition) is 1. The Balaban J connectivity index is 2.02. The maximum atomic E-state index is 11.1. The van der Waals surface area contributed by atoms with Gasteiger partial charge in [-0.05, 0) is 12.1 Å². The van der Waals surface area contributed by atoms with Gasteiger partial charge in [0.1, 0.15) is 11.9 Å². The van der Waals surface area contributed by atoms with E-state index in [2.05, 4.69) is 11.1 Å². The van der Waals surface area contributed by atoms with Gasteiger partial charge in [0.2, 0.25) is 0 Å². The van der Waals surface area contributed by atoms with E-state index < -0.39 is 12.1 Å². The van der Waals surface area contributed by atoms with Crippen LogP contribution >= 0.6 is 0 Å². The molecule has 2 heterocycles. The highest BCUT2D eigenvalue weighted by Crippen LogP contribution is 2.24. The lowest BCUT2D eigenvalue weighted by Gasteiger charge is -2.32. The minimum atomic E-state index is -1.00. The number of carboxylic acid groups (broad SMARTS) is 1. The summed E-state index contributed by atoms with van der Waals surface area (Å²) in [7, 11) is 0. The van der Waals surface area contributed by atoms with E-state index in [0.717, 1.165) is 10.9 Å². The van der Waals surface area contributed by atoms with E-state index >= 15 is 0 Å². The molecule has 3 rings (SSSR count). The highest BCUT2D eigenvalue weighted by atomic mass is 16.5. The molecule has 1 fully saturated rings. The SMILES string of the molecule is N#Cc1cc2ccccc2nc1N1CCOC(C(=O)O)C1. The number of fused-ring (bicyclic) bond motifs is 1. The first kappa shape index (κ1) is 13.3. The number of morpholine rings is 1. The second-order valence-corrected chi connectivity index (χ2v) is 4.81. The van der Waals surface area contributed by atoms with Gasteiger partial charge in [-0.15, -0.1) is 0 Å². The first-order valence-electron chi connectivity index (χ1n) is 6.58. The molecule has 0 radical (unpaired) electrons. The van der Waals surface area contributed by atoms with Crippen molar-refractivity contribution in [2.75, 3.05) is 24.6 Å². The minimum Gasteiger partial charge on any atom is -0.479 e. The van der Waals surface area contributed by atoms with E-state index in [4.69, 9.17) is 9.84 Å². The quantitative estimate of drug-likeness (QED) is 0.896. The smallest absolute Gasteiger partial charge is 0.334 e. The number of nitrogens with zero attached hydrogens (tertiary/aromatic N) is 3. The van der Waals surface area contributed by atoms with Crippen molar-refractivity contribution in [2.45, 2.75) is 6.10 Å². The lowest BCUT2D eigenvalue weighted by Crippen LogP contribution is -2.46. The molecule has 0 amide bonds. The molecule has 6 heteroatoms. The van der Waals surface area contributed by atoms with Gasteiger partial charge in [0.05, 0.1) is 24.2 Å². The van der Waals surface area contributed by atoms with Crippen molar-refractivity contribution < 1.29 is 14.6 Å². The van der Waals surface area contributed by atoms with Crippen molar-refractivity contribution >= 4 is 22.7 Å². The number of ether oxygens (including phenoxy) is 1. The zero-order valence-electron chi connectivity index (χ0n) is 11.2. The third kappa shape index (κ3) is 2.51. The lowest BCUT2D eigenvalue weighted by atomic mass is 10.1. The summed E-state index contributed by atoms with van der Waals surface area (Å²) in [6.07, 6.45) is -0.890. The van der Waals surface area contributed by atoms with Gasteiger partial charge in [0.15, 0.2) is 6.10 Å². The van der Waals surface area contributed by atoms with Crippen LogP contribution in [0.15, 0.2) is 30.3 Å². The van der Waals surface area contributed by atoms with E-state index in [-0.39, 0.29) is 6.54 Å². The Hall–Kier alpha value is -2.65. The van der Waals surface area contributed by atoms with Crippen molar-refractivity contribution in [3.63, 3.8) is 0 Å². The van der Waals surface area contributed by atoms with Crippen LogP contribution in [0.2, 0.25) is 0 Å². The number of benzene rings is 1. The van der Waals surface area contributed by atoms with Gasteiger partial charge >= 0.3 is 5.97 Å². The maximum absolute atomic E-state index is 11.1. The van der Waals surface area contributed by atoms with Gasteiger partial charge in [0, 0.05) is 11.9 Å². The number of carbonyl (C=O) groups is 1. The number of para-hydroxylation sites is 1. The Bertz CT molecular complexity index is 739. The third-order valence-electron chi connectivity index (χ3n) is 3.47. The van der Waals surface area contributed by atoms with Crippen LogP contribution in [-0.2, 0) is 9.53 Å². The predicted octanol–water partition coefficient (Wildman–Crippen LogP) is 1.40. The normalized spacial score (nSPS) is 18.4. The highest BCUT2D eigenvalue weighted by molar-refractivity contribution is 5.83. The first-order chi connectivity index (χ1) is 10.2. The second-order valence-electron chi connectivity index (χ2n) is 4.81. The Labute approximate surface area is 121 Å². The number of pyridine rings is 1. The van der Waals surface area contributed by atoms with Crippen LogP contribution in [0.3, 0.4) is 0 Å². The largest absolute Gasteiger partial charge is 0.479 e. The molecule has 6 nitrogen and oxygen atoms in total. The van der Waals surface area contributed by atoms with Crippen LogP contribution < -0.4 is 4.90 Å². The Morgan fingerprint density at radius 1 is 1.48 bits per heavy atom. The molecule has 1 saturated heterocycles. The number of rotatable bonds is 2. The summed E-state index contributed by atoms with van der Waals surface area (Å²) in [5.41, 5.74) is 1.23. The number of carboxylic acids is 1. The van der Waals surface area contributed by atoms with Crippen molar-refractivity contribution in [3.8, 4) is 6.07 Å². The predicted molar refractivity (Wildman–Crippen MR) is 76.0 cm³/mol. The Morgan fingerprint density at radius 3 is 3.05 bits per heavy atom. The molecule has 1 atom stereocenters. The summed E-state index contributed by atoms with van der Waals surface area (Å²) < 4.78 is 5.20. The van der Waals surface area contributed by atoms with Gasteiger partial charge in [-0.2, -0.15) is 5.26 Å². The summed E-state index contributed by atoms with van der Waals surface area (Å²) in [5.74, 6) is -0.482. The number of aromatic nitrogens is 1. The summed E-state index contributed by atoms with van der Waals surface area (Å²) >= 11 is 0. The molecule has 2 aromatic rings. The van der Waals surface area contributed by atoms with Crippen molar-refractivity contribution in [1.29, 1.82) is 5.26 Å². The molecule has 1 unspecified atom stereocenters. The molecule has 0 saturated carbocycles. The van der Waals surface area contributed by atoms with Crippen LogP contribution in [0.5, 0.6) is 0 Å². The van der Waals surface area contributed by atoms with Crippen LogP contribution in [0.25, 0.3) is 10.9 Å². The van der Waals surface area contributed by atoms with E-state index in [9.17, 15) is 10.1 Å². The van der Waals surface area contributed by atoms with E-state index in [1.165, 1.54) is 0 Å². The molecule has 21 heavy (non-hydrogen) atoms. The lowest BCUT2D eigenvalue weighted by molar-refractivity contribution is -0.150. The van der Waals surface area contributed by atoms with E-state index in [0.29, 0.717) is 24.5 Å². The van der Waals surface area contributed by atoms with Gasteiger partial charge in [-0.1, -0.05) is 18.2 Å². The van der Waals surface area contributed by atoms with Crippen molar-refractivity contribution in [3.05, 3.63) is 35.9 Å². The van der Waals surface area contributed by atoms with Gasteiger partial charge in [0.25, 0.3) is 0 Å². The highest BCUT2D eigenvalue weighted by Gasteiger charge is 2.28. The standard InChI is InChI=1S/C15H13N3O3/c16-8-11-7-10-3-1-2-4-12(10)17-14(11)18-5-6-21-13(9-18)15(19)20/h1-4,7,13H,5-6,9H2,(H,19,20). The summed E-state index contributed by atoms with van der Waals surface area (Å²) in [4.78, 5) is 17.4.